The lowest BCUT2D eigenvalue weighted by Crippen LogP contribution is -2.30. The molecule has 1 atom stereocenters. The van der Waals surface area contributed by atoms with E-state index in [1.54, 1.807) is 19.2 Å². The summed E-state index contributed by atoms with van der Waals surface area (Å²) in [6.45, 7) is 3.61. The number of carbonyl (C=O) groups is 1. The van der Waals surface area contributed by atoms with Gasteiger partial charge in [-0.2, -0.15) is 0 Å². The van der Waals surface area contributed by atoms with Crippen LogP contribution in [-0.4, -0.2) is 44.9 Å². The lowest BCUT2D eigenvalue weighted by Gasteiger charge is -2.15. The first-order valence-corrected chi connectivity index (χ1v) is 6.94. The second kappa shape index (κ2) is 9.20. The van der Waals surface area contributed by atoms with E-state index in [1.165, 1.54) is 7.11 Å². The first-order chi connectivity index (χ1) is 10.1. The van der Waals surface area contributed by atoms with E-state index in [2.05, 4.69) is 10.6 Å². The van der Waals surface area contributed by atoms with Crippen molar-refractivity contribution >= 4 is 5.91 Å². The van der Waals surface area contributed by atoms with E-state index in [9.17, 15) is 9.90 Å². The van der Waals surface area contributed by atoms with Gasteiger partial charge in [-0.25, -0.2) is 0 Å². The van der Waals surface area contributed by atoms with E-state index in [4.69, 9.17) is 9.47 Å². The van der Waals surface area contributed by atoms with Crippen LogP contribution >= 0.6 is 0 Å². The molecule has 0 fully saturated rings. The van der Waals surface area contributed by atoms with E-state index < -0.39 is 0 Å². The summed E-state index contributed by atoms with van der Waals surface area (Å²) in [5.41, 5.74) is 0.990. The molecule has 0 aromatic heterocycles. The van der Waals surface area contributed by atoms with Crippen molar-refractivity contribution in [1.82, 2.24) is 10.6 Å². The zero-order chi connectivity index (χ0) is 15.7. The van der Waals surface area contributed by atoms with Gasteiger partial charge in [0.1, 0.15) is 0 Å². The highest BCUT2D eigenvalue weighted by Gasteiger charge is 2.09. The Hall–Kier alpha value is -1.79. The SMILES string of the molecule is COCCNC(=O)CCNC(C)c1ccc(O)c(OC)c1. The van der Waals surface area contributed by atoms with Gasteiger partial charge in [0.15, 0.2) is 11.5 Å². The molecule has 6 nitrogen and oxygen atoms in total. The van der Waals surface area contributed by atoms with Crippen LogP contribution in [0.5, 0.6) is 11.5 Å². The van der Waals surface area contributed by atoms with Gasteiger partial charge in [0.25, 0.3) is 0 Å². The summed E-state index contributed by atoms with van der Waals surface area (Å²) in [6, 6.07) is 5.27. The number of carbonyl (C=O) groups excluding carboxylic acids is 1. The number of nitrogens with one attached hydrogen (secondary N) is 2. The van der Waals surface area contributed by atoms with E-state index in [1.807, 2.05) is 13.0 Å². The summed E-state index contributed by atoms with van der Waals surface area (Å²) in [7, 11) is 3.11. The third-order valence-electron chi connectivity index (χ3n) is 3.13. The summed E-state index contributed by atoms with van der Waals surface area (Å²) in [5, 5.41) is 15.6. The molecule has 0 bridgehead atoms. The number of hydrogen-bond acceptors (Lipinski definition) is 5. The van der Waals surface area contributed by atoms with Gasteiger partial charge in [0.05, 0.1) is 13.7 Å². The Morgan fingerprint density at radius 3 is 2.76 bits per heavy atom. The molecule has 0 saturated heterocycles. The molecule has 1 rings (SSSR count). The highest BCUT2D eigenvalue weighted by atomic mass is 16.5. The second-order valence-corrected chi connectivity index (χ2v) is 4.70. The maximum Gasteiger partial charge on any atom is 0.221 e. The lowest BCUT2D eigenvalue weighted by atomic mass is 10.1. The van der Waals surface area contributed by atoms with Crippen LogP contribution in [-0.2, 0) is 9.53 Å². The van der Waals surface area contributed by atoms with Gasteiger partial charge >= 0.3 is 0 Å². The van der Waals surface area contributed by atoms with Gasteiger partial charge in [0.2, 0.25) is 5.91 Å². The molecule has 0 aliphatic carbocycles. The van der Waals surface area contributed by atoms with Crippen LogP contribution in [0.1, 0.15) is 24.9 Å². The van der Waals surface area contributed by atoms with Gasteiger partial charge in [-0.05, 0) is 24.6 Å². The fraction of sp³-hybridized carbons (Fsp3) is 0.533. The average Bonchev–Trinajstić information content (AvgIpc) is 2.48. The fourth-order valence-electron chi connectivity index (χ4n) is 1.86. The van der Waals surface area contributed by atoms with E-state index in [-0.39, 0.29) is 17.7 Å². The van der Waals surface area contributed by atoms with Gasteiger partial charge in [-0.3, -0.25) is 4.79 Å². The molecule has 1 amide bonds. The Morgan fingerprint density at radius 1 is 1.33 bits per heavy atom. The number of aromatic hydroxyl groups is 1. The number of phenols is 1. The molecule has 0 spiro atoms. The minimum atomic E-state index is -0.00460. The molecule has 0 radical (unpaired) electrons. The maximum atomic E-state index is 11.5. The Kier molecular flexibility index (Phi) is 7.56. The van der Waals surface area contributed by atoms with Crippen LogP contribution in [0, 0.1) is 0 Å². The summed E-state index contributed by atoms with van der Waals surface area (Å²) in [5.74, 6) is 0.555. The van der Waals surface area contributed by atoms with Crippen LogP contribution in [0.3, 0.4) is 0 Å². The predicted octanol–water partition coefficient (Wildman–Crippen LogP) is 1.20. The second-order valence-electron chi connectivity index (χ2n) is 4.70. The van der Waals surface area contributed by atoms with E-state index in [0.717, 1.165) is 5.56 Å². The van der Waals surface area contributed by atoms with Crippen LogP contribution in [0.2, 0.25) is 0 Å². The maximum absolute atomic E-state index is 11.5. The molecule has 21 heavy (non-hydrogen) atoms. The van der Waals surface area contributed by atoms with Crippen LogP contribution < -0.4 is 15.4 Å². The molecular weight excluding hydrogens is 272 g/mol. The van der Waals surface area contributed by atoms with Crippen molar-refractivity contribution in [2.75, 3.05) is 33.9 Å². The van der Waals surface area contributed by atoms with Crippen LogP contribution in [0.25, 0.3) is 0 Å². The summed E-state index contributed by atoms with van der Waals surface area (Å²) in [6.07, 6.45) is 0.406. The molecule has 1 unspecified atom stereocenters. The Bertz CT molecular complexity index is 451. The quantitative estimate of drug-likeness (QED) is 0.597. The molecule has 118 valence electrons. The van der Waals surface area contributed by atoms with E-state index >= 15 is 0 Å². The number of methoxy groups -OCH3 is 2. The normalized spacial score (nSPS) is 12.0. The van der Waals surface area contributed by atoms with Crippen molar-refractivity contribution in [2.45, 2.75) is 19.4 Å². The molecule has 0 aliphatic rings. The van der Waals surface area contributed by atoms with Gasteiger partial charge in [0, 0.05) is 32.7 Å². The summed E-state index contributed by atoms with van der Waals surface area (Å²) < 4.78 is 9.94. The van der Waals surface area contributed by atoms with Crippen molar-refractivity contribution in [3.63, 3.8) is 0 Å². The third kappa shape index (κ3) is 6.01. The third-order valence-corrected chi connectivity index (χ3v) is 3.13. The van der Waals surface area contributed by atoms with Gasteiger partial charge in [-0.1, -0.05) is 6.07 Å². The predicted molar refractivity (Wildman–Crippen MR) is 80.6 cm³/mol. The minimum absolute atomic E-state index is 0.00460. The zero-order valence-corrected chi connectivity index (χ0v) is 12.8. The number of amides is 1. The number of ether oxygens (including phenoxy) is 2. The van der Waals surface area contributed by atoms with Crippen molar-refractivity contribution in [1.29, 1.82) is 0 Å². The Morgan fingerprint density at radius 2 is 2.10 bits per heavy atom. The number of hydrogen-bond donors (Lipinski definition) is 3. The molecule has 3 N–H and O–H groups in total. The summed E-state index contributed by atoms with van der Waals surface area (Å²) in [4.78, 5) is 11.5. The lowest BCUT2D eigenvalue weighted by molar-refractivity contribution is -0.121. The molecule has 1 aromatic carbocycles. The first-order valence-electron chi connectivity index (χ1n) is 6.94. The van der Waals surface area contributed by atoms with Crippen LogP contribution in [0.15, 0.2) is 18.2 Å². The average molecular weight is 296 g/mol. The smallest absolute Gasteiger partial charge is 0.221 e. The minimum Gasteiger partial charge on any atom is -0.504 e. The monoisotopic (exact) mass is 296 g/mol. The van der Waals surface area contributed by atoms with Gasteiger partial charge < -0.3 is 25.2 Å². The van der Waals surface area contributed by atoms with Crippen molar-refractivity contribution in [3.05, 3.63) is 23.8 Å². The van der Waals surface area contributed by atoms with Crippen molar-refractivity contribution in [2.24, 2.45) is 0 Å². The van der Waals surface area contributed by atoms with E-state index in [0.29, 0.717) is 31.9 Å². The highest BCUT2D eigenvalue weighted by molar-refractivity contribution is 5.76. The standard InChI is InChI=1S/C15H24N2O4/c1-11(12-4-5-13(18)14(10-12)21-3)16-7-6-15(19)17-8-9-20-2/h4-5,10-11,16,18H,6-9H2,1-3H3,(H,17,19). The van der Waals surface area contributed by atoms with Crippen molar-refractivity contribution < 1.29 is 19.4 Å². The van der Waals surface area contributed by atoms with Gasteiger partial charge in [-0.15, -0.1) is 0 Å². The number of phenolic OH excluding ortho intramolecular Hbond substituents is 1. The molecule has 6 heteroatoms. The number of benzene rings is 1. The largest absolute Gasteiger partial charge is 0.504 e. The number of rotatable bonds is 9. The molecule has 1 aromatic rings. The molecule has 0 saturated carbocycles. The molecule has 0 heterocycles. The topological polar surface area (TPSA) is 79.8 Å². The van der Waals surface area contributed by atoms with Crippen molar-refractivity contribution in [3.8, 4) is 11.5 Å². The molecule has 0 aliphatic heterocycles. The van der Waals surface area contributed by atoms with Crippen LogP contribution in [0.4, 0.5) is 0 Å². The first kappa shape index (κ1) is 17.3. The summed E-state index contributed by atoms with van der Waals surface area (Å²) >= 11 is 0. The Balaban J connectivity index is 2.36. The highest BCUT2D eigenvalue weighted by Crippen LogP contribution is 2.28. The zero-order valence-electron chi connectivity index (χ0n) is 12.8. The Labute approximate surface area is 125 Å². The fourth-order valence-corrected chi connectivity index (χ4v) is 1.86. The molecular formula is C15H24N2O4.